The van der Waals surface area contributed by atoms with Crippen molar-refractivity contribution in [1.29, 1.82) is 0 Å². The van der Waals surface area contributed by atoms with Gasteiger partial charge in [0, 0.05) is 17.7 Å². The van der Waals surface area contributed by atoms with E-state index in [1.165, 1.54) is 4.58 Å². The Balaban J connectivity index is 2.57. The molecule has 0 radical (unpaired) electrons. The van der Waals surface area contributed by atoms with Gasteiger partial charge in [-0.2, -0.15) is 4.58 Å². The van der Waals surface area contributed by atoms with Gasteiger partial charge in [0.1, 0.15) is 0 Å². The standard InChI is InChI=1S/C20H21NO3/c1-3-18(20(23)24-4-2)19(22)21(17-13-9-6-10-14-17)15-16-11-7-5-8-12-16/h5-15H,3-4H2,1-2H3. The highest BCUT2D eigenvalue weighted by Gasteiger charge is 2.19. The first-order valence-corrected chi connectivity index (χ1v) is 7.98. The minimum absolute atomic E-state index is 0.132. The summed E-state index contributed by atoms with van der Waals surface area (Å²) in [5.74, 6) is -0.932. The summed E-state index contributed by atoms with van der Waals surface area (Å²) in [7, 11) is 0. The molecule has 4 nitrogen and oxygen atoms in total. The summed E-state index contributed by atoms with van der Waals surface area (Å²) in [6, 6.07) is 18.8. The molecular weight excluding hydrogens is 302 g/mol. The van der Waals surface area contributed by atoms with Crippen molar-refractivity contribution in [1.82, 2.24) is 0 Å². The molecule has 124 valence electrons. The van der Waals surface area contributed by atoms with Crippen LogP contribution in [0.2, 0.25) is 0 Å². The monoisotopic (exact) mass is 323 g/mol. The quantitative estimate of drug-likeness (QED) is 0.270. The van der Waals surface area contributed by atoms with Crippen LogP contribution < -0.4 is 5.11 Å². The van der Waals surface area contributed by atoms with E-state index in [1.807, 2.05) is 60.7 Å². The third kappa shape index (κ3) is 4.32. The Morgan fingerprint density at radius 2 is 1.62 bits per heavy atom. The van der Waals surface area contributed by atoms with Crippen molar-refractivity contribution in [2.24, 2.45) is 0 Å². The zero-order valence-corrected chi connectivity index (χ0v) is 13.9. The molecule has 2 aromatic rings. The Morgan fingerprint density at radius 3 is 2.17 bits per heavy atom. The van der Waals surface area contributed by atoms with Crippen molar-refractivity contribution in [3.8, 4) is 0 Å². The van der Waals surface area contributed by atoms with Crippen molar-refractivity contribution >= 4 is 17.9 Å². The lowest BCUT2D eigenvalue weighted by atomic mass is 10.2. The number of nitrogens with zero attached hydrogens (tertiary/aromatic N) is 1. The van der Waals surface area contributed by atoms with E-state index in [9.17, 15) is 9.90 Å². The average Bonchev–Trinajstić information content (AvgIpc) is 2.62. The Hall–Kier alpha value is -2.88. The van der Waals surface area contributed by atoms with Crippen LogP contribution in [0.1, 0.15) is 25.8 Å². The fraction of sp³-hybridized carbons (Fsp3) is 0.200. The van der Waals surface area contributed by atoms with Crippen molar-refractivity contribution < 1.29 is 19.2 Å². The Kier molecular flexibility index (Phi) is 6.32. The van der Waals surface area contributed by atoms with Crippen molar-refractivity contribution in [3.63, 3.8) is 0 Å². The van der Waals surface area contributed by atoms with Gasteiger partial charge in [-0.3, -0.25) is 0 Å². The molecule has 0 atom stereocenters. The molecule has 4 heteroatoms. The minimum Gasteiger partial charge on any atom is -0.822 e. The van der Waals surface area contributed by atoms with Gasteiger partial charge in [-0.1, -0.05) is 43.3 Å². The number of hydrogen-bond acceptors (Lipinski definition) is 3. The minimum atomic E-state index is -0.563. The first-order valence-electron chi connectivity index (χ1n) is 7.98. The van der Waals surface area contributed by atoms with Crippen LogP contribution in [0.5, 0.6) is 0 Å². The number of hydrogen-bond donors (Lipinski definition) is 0. The summed E-state index contributed by atoms with van der Waals surface area (Å²) >= 11 is 0. The lowest BCUT2D eigenvalue weighted by Crippen LogP contribution is -2.24. The molecule has 2 aromatic carbocycles. The molecule has 0 saturated heterocycles. The molecule has 0 bridgehead atoms. The molecule has 0 spiro atoms. The van der Waals surface area contributed by atoms with E-state index in [1.54, 1.807) is 20.1 Å². The predicted molar refractivity (Wildman–Crippen MR) is 91.9 cm³/mol. The molecule has 2 rings (SSSR count). The second kappa shape index (κ2) is 8.67. The van der Waals surface area contributed by atoms with E-state index >= 15 is 0 Å². The SMILES string of the molecule is CCOC(=O)C(CC)=C([O-])[N+](=Cc1ccccc1)c1ccccc1. The summed E-state index contributed by atoms with van der Waals surface area (Å²) in [4.78, 5) is 12.1. The van der Waals surface area contributed by atoms with E-state index in [4.69, 9.17) is 4.74 Å². The smallest absolute Gasteiger partial charge is 0.339 e. The zero-order valence-electron chi connectivity index (χ0n) is 13.9. The number of carbonyl (C=O) groups excluding carboxylic acids is 1. The van der Waals surface area contributed by atoms with Crippen LogP contribution in [0.15, 0.2) is 72.1 Å². The normalized spacial score (nSPS) is 12.5. The van der Waals surface area contributed by atoms with Gasteiger partial charge < -0.3 is 9.84 Å². The third-order valence-corrected chi connectivity index (χ3v) is 3.46. The van der Waals surface area contributed by atoms with Gasteiger partial charge in [-0.25, -0.2) is 4.79 Å². The first-order chi connectivity index (χ1) is 11.7. The summed E-state index contributed by atoms with van der Waals surface area (Å²) in [6.07, 6.45) is 2.04. The van der Waals surface area contributed by atoms with Crippen LogP contribution >= 0.6 is 0 Å². The summed E-state index contributed by atoms with van der Waals surface area (Å²) < 4.78 is 6.51. The molecule has 24 heavy (non-hydrogen) atoms. The number of rotatable bonds is 6. The highest BCUT2D eigenvalue weighted by atomic mass is 16.5. The van der Waals surface area contributed by atoms with Crippen LogP contribution in [0.25, 0.3) is 0 Å². The summed E-state index contributed by atoms with van der Waals surface area (Å²) in [6.45, 7) is 3.74. The predicted octanol–water partition coefficient (Wildman–Crippen LogP) is 2.99. The van der Waals surface area contributed by atoms with Crippen molar-refractivity contribution in [2.75, 3.05) is 6.61 Å². The van der Waals surface area contributed by atoms with Crippen LogP contribution in [-0.2, 0) is 9.53 Å². The maximum Gasteiger partial charge on any atom is 0.339 e. The summed E-state index contributed by atoms with van der Waals surface area (Å²) in [5, 5.41) is 13.0. The van der Waals surface area contributed by atoms with Crippen molar-refractivity contribution in [2.45, 2.75) is 20.3 Å². The Morgan fingerprint density at radius 1 is 1.04 bits per heavy atom. The number of para-hydroxylation sites is 1. The number of ether oxygens (including phenoxy) is 1. The first kappa shape index (κ1) is 17.5. The van der Waals surface area contributed by atoms with Gasteiger partial charge in [0.15, 0.2) is 12.1 Å². The highest BCUT2D eigenvalue weighted by Crippen LogP contribution is 2.18. The van der Waals surface area contributed by atoms with Crippen LogP contribution in [0, 0.1) is 0 Å². The van der Waals surface area contributed by atoms with Crippen LogP contribution in [-0.4, -0.2) is 23.4 Å². The van der Waals surface area contributed by atoms with Gasteiger partial charge in [0.05, 0.1) is 12.2 Å². The molecule has 0 fully saturated rings. The van der Waals surface area contributed by atoms with E-state index < -0.39 is 5.97 Å². The van der Waals surface area contributed by atoms with E-state index in [-0.39, 0.29) is 18.1 Å². The fourth-order valence-corrected chi connectivity index (χ4v) is 2.27. The van der Waals surface area contributed by atoms with Gasteiger partial charge in [0.25, 0.3) is 0 Å². The van der Waals surface area contributed by atoms with E-state index in [0.29, 0.717) is 12.1 Å². The number of esters is 1. The Bertz CT molecular complexity index is 734. The molecule has 0 saturated carbocycles. The molecule has 0 amide bonds. The van der Waals surface area contributed by atoms with Crippen LogP contribution in [0.4, 0.5) is 5.69 Å². The largest absolute Gasteiger partial charge is 0.822 e. The fourth-order valence-electron chi connectivity index (χ4n) is 2.27. The van der Waals surface area contributed by atoms with E-state index in [2.05, 4.69) is 0 Å². The molecule has 0 aliphatic rings. The number of benzene rings is 2. The second-order valence-electron chi connectivity index (χ2n) is 5.10. The van der Waals surface area contributed by atoms with Gasteiger partial charge in [0.2, 0.25) is 5.69 Å². The maximum absolute atomic E-state index is 13.0. The molecule has 0 aromatic heterocycles. The molecule has 0 aliphatic heterocycles. The van der Waals surface area contributed by atoms with Gasteiger partial charge >= 0.3 is 5.97 Å². The Labute approximate surface area is 142 Å². The molecular formula is C20H21NO3. The summed E-state index contributed by atoms with van der Waals surface area (Å²) in [5.41, 5.74) is 1.70. The molecule has 0 aliphatic carbocycles. The second-order valence-corrected chi connectivity index (χ2v) is 5.10. The average molecular weight is 323 g/mol. The number of carbonyl (C=O) groups is 1. The van der Waals surface area contributed by atoms with Gasteiger partial charge in [-0.05, 0) is 25.5 Å². The molecule has 0 N–H and O–H groups in total. The third-order valence-electron chi connectivity index (χ3n) is 3.46. The van der Waals surface area contributed by atoms with Crippen molar-refractivity contribution in [3.05, 3.63) is 77.7 Å². The molecule has 0 unspecified atom stereocenters. The van der Waals surface area contributed by atoms with E-state index in [0.717, 1.165) is 5.56 Å². The molecule has 0 heterocycles. The zero-order chi connectivity index (χ0) is 17.4. The van der Waals surface area contributed by atoms with Crippen LogP contribution in [0.3, 0.4) is 0 Å². The topological polar surface area (TPSA) is 52.4 Å². The lowest BCUT2D eigenvalue weighted by molar-refractivity contribution is -0.547. The highest BCUT2D eigenvalue weighted by molar-refractivity contribution is 5.88. The van der Waals surface area contributed by atoms with Gasteiger partial charge in [-0.15, -0.1) is 0 Å². The lowest BCUT2D eigenvalue weighted by Gasteiger charge is -2.14. The maximum atomic E-state index is 13.0.